The van der Waals surface area contributed by atoms with Crippen molar-refractivity contribution in [1.82, 2.24) is 20.4 Å². The average Bonchev–Trinajstić information content (AvgIpc) is 2.87. The molecule has 0 saturated heterocycles. The Morgan fingerprint density at radius 3 is 1.81 bits per heavy atom. The van der Waals surface area contributed by atoms with Crippen LogP contribution in [0.2, 0.25) is 5.02 Å². The lowest BCUT2D eigenvalue weighted by Crippen LogP contribution is -2.34. The molecular weight excluding hydrogens is 506 g/mol. The normalized spacial score (nSPS) is 10.4. The van der Waals surface area contributed by atoms with E-state index in [2.05, 4.69) is 41.8 Å². The van der Waals surface area contributed by atoms with E-state index >= 15 is 0 Å². The molecule has 0 aliphatic heterocycles. The lowest BCUT2D eigenvalue weighted by atomic mass is 10.2. The molecule has 12 heteroatoms. The summed E-state index contributed by atoms with van der Waals surface area (Å²) in [5.41, 5.74) is 8.06. The van der Waals surface area contributed by atoms with Gasteiger partial charge in [0, 0.05) is 23.8 Å². The monoisotopic (exact) mass is 526 g/mol. The highest BCUT2D eigenvalue weighted by molar-refractivity contribution is 7.80. The first-order valence-corrected chi connectivity index (χ1v) is 11.5. The van der Waals surface area contributed by atoms with E-state index in [9.17, 15) is 8.78 Å². The minimum Gasteiger partial charge on any atom is -0.350 e. The van der Waals surface area contributed by atoms with Crippen LogP contribution in [0.5, 0.6) is 0 Å². The van der Waals surface area contributed by atoms with E-state index in [1.54, 1.807) is 42.5 Å². The standard InChI is InChI=1S/C24H21ClF2N8S/c25-17-2-1-3-20(12-17)30-24(36)35-34-23-32-21(28-13-15-4-8-18(26)9-5-15)31-22(33-23)29-14-16-6-10-19(27)11-7-16/h1-12H,13-14H2,(H2,30,35,36)(H3,28,29,31,32,33,34). The van der Waals surface area contributed by atoms with Gasteiger partial charge in [-0.3, -0.25) is 10.9 Å². The fourth-order valence-electron chi connectivity index (χ4n) is 3.00. The van der Waals surface area contributed by atoms with Gasteiger partial charge in [-0.2, -0.15) is 15.0 Å². The van der Waals surface area contributed by atoms with Crippen LogP contribution in [0, 0.1) is 11.6 Å². The van der Waals surface area contributed by atoms with Gasteiger partial charge in [-0.05, 0) is 65.8 Å². The van der Waals surface area contributed by atoms with Crippen LogP contribution in [0.4, 0.5) is 32.3 Å². The number of benzene rings is 3. The summed E-state index contributed by atoms with van der Waals surface area (Å²) in [7, 11) is 0. The molecule has 4 aromatic rings. The summed E-state index contributed by atoms with van der Waals surface area (Å²) in [6, 6.07) is 19.3. The van der Waals surface area contributed by atoms with Crippen molar-refractivity contribution in [2.75, 3.05) is 21.4 Å². The zero-order valence-electron chi connectivity index (χ0n) is 18.7. The SMILES string of the molecule is Fc1ccc(CNc2nc(NCc3ccc(F)cc3)nc(NNC(=S)Nc3cccc(Cl)c3)n2)cc1. The van der Waals surface area contributed by atoms with Crippen LogP contribution in [-0.4, -0.2) is 20.1 Å². The first-order chi connectivity index (χ1) is 17.4. The molecule has 0 aliphatic carbocycles. The van der Waals surface area contributed by atoms with E-state index in [0.29, 0.717) is 23.8 Å². The van der Waals surface area contributed by atoms with E-state index in [4.69, 9.17) is 23.8 Å². The molecule has 5 N–H and O–H groups in total. The van der Waals surface area contributed by atoms with Gasteiger partial charge in [0.15, 0.2) is 5.11 Å². The first kappa shape index (κ1) is 25.0. The summed E-state index contributed by atoms with van der Waals surface area (Å²) in [4.78, 5) is 13.1. The summed E-state index contributed by atoms with van der Waals surface area (Å²) in [6.07, 6.45) is 0. The quantitative estimate of drug-likeness (QED) is 0.146. The van der Waals surface area contributed by atoms with Gasteiger partial charge in [0.1, 0.15) is 11.6 Å². The highest BCUT2D eigenvalue weighted by Gasteiger charge is 2.08. The minimum absolute atomic E-state index is 0.184. The third-order valence-corrected chi connectivity index (χ3v) is 5.17. The molecule has 0 unspecified atom stereocenters. The van der Waals surface area contributed by atoms with E-state index in [0.717, 1.165) is 11.1 Å². The van der Waals surface area contributed by atoms with Gasteiger partial charge in [-0.25, -0.2) is 8.78 Å². The maximum absolute atomic E-state index is 13.2. The fourth-order valence-corrected chi connectivity index (χ4v) is 3.36. The highest BCUT2D eigenvalue weighted by atomic mass is 35.5. The summed E-state index contributed by atoms with van der Waals surface area (Å²) in [6.45, 7) is 0.729. The van der Waals surface area contributed by atoms with Crippen LogP contribution >= 0.6 is 23.8 Å². The van der Waals surface area contributed by atoms with Crippen molar-refractivity contribution in [2.24, 2.45) is 0 Å². The lowest BCUT2D eigenvalue weighted by Gasteiger charge is -2.14. The van der Waals surface area contributed by atoms with Gasteiger partial charge in [0.2, 0.25) is 17.8 Å². The summed E-state index contributed by atoms with van der Waals surface area (Å²) >= 11 is 11.3. The van der Waals surface area contributed by atoms with E-state index in [1.165, 1.54) is 24.3 Å². The van der Waals surface area contributed by atoms with Crippen molar-refractivity contribution in [1.29, 1.82) is 0 Å². The number of nitrogens with zero attached hydrogens (tertiary/aromatic N) is 3. The number of aromatic nitrogens is 3. The van der Waals surface area contributed by atoms with Gasteiger partial charge < -0.3 is 16.0 Å². The van der Waals surface area contributed by atoms with Crippen LogP contribution in [0.3, 0.4) is 0 Å². The maximum Gasteiger partial charge on any atom is 0.248 e. The molecule has 1 aromatic heterocycles. The van der Waals surface area contributed by atoms with Crippen molar-refractivity contribution in [2.45, 2.75) is 13.1 Å². The molecule has 3 aromatic carbocycles. The molecule has 1 heterocycles. The Morgan fingerprint density at radius 1 is 0.750 bits per heavy atom. The third-order valence-electron chi connectivity index (χ3n) is 4.73. The molecule has 184 valence electrons. The Kier molecular flexibility index (Phi) is 8.37. The predicted octanol–water partition coefficient (Wildman–Crippen LogP) is 5.34. The van der Waals surface area contributed by atoms with Crippen LogP contribution in [0.15, 0.2) is 72.8 Å². The number of thiocarbonyl (C=S) groups is 1. The Hall–Kier alpha value is -4.09. The van der Waals surface area contributed by atoms with Gasteiger partial charge in [0.05, 0.1) is 0 Å². The van der Waals surface area contributed by atoms with Gasteiger partial charge in [-0.1, -0.05) is 41.9 Å². The van der Waals surface area contributed by atoms with E-state index in [1.807, 2.05) is 6.07 Å². The third kappa shape index (κ3) is 7.72. The zero-order chi connectivity index (χ0) is 25.3. The Bertz CT molecular complexity index is 1260. The average molecular weight is 527 g/mol. The van der Waals surface area contributed by atoms with Crippen LogP contribution in [0.25, 0.3) is 0 Å². The second kappa shape index (κ2) is 12.0. The molecule has 0 bridgehead atoms. The van der Waals surface area contributed by atoms with E-state index in [-0.39, 0.29) is 34.6 Å². The molecule has 0 saturated carbocycles. The van der Waals surface area contributed by atoms with E-state index < -0.39 is 0 Å². The fraction of sp³-hybridized carbons (Fsp3) is 0.0833. The number of hydrogen-bond donors (Lipinski definition) is 5. The Labute approximate surface area is 216 Å². The van der Waals surface area contributed by atoms with Crippen LogP contribution < -0.4 is 26.8 Å². The van der Waals surface area contributed by atoms with Crippen molar-refractivity contribution in [3.63, 3.8) is 0 Å². The molecule has 4 rings (SSSR count). The Balaban J connectivity index is 1.44. The molecule has 0 spiro atoms. The number of anilines is 4. The molecule has 0 amide bonds. The second-order valence-corrected chi connectivity index (χ2v) is 8.33. The number of rotatable bonds is 9. The smallest absolute Gasteiger partial charge is 0.248 e. The largest absolute Gasteiger partial charge is 0.350 e. The van der Waals surface area contributed by atoms with Crippen LogP contribution in [0.1, 0.15) is 11.1 Å². The summed E-state index contributed by atoms with van der Waals surface area (Å²) in [5.74, 6) is 0.101. The van der Waals surface area contributed by atoms with Crippen molar-refractivity contribution < 1.29 is 8.78 Å². The number of hydrazine groups is 1. The van der Waals surface area contributed by atoms with Crippen molar-refractivity contribution >= 4 is 52.5 Å². The van der Waals surface area contributed by atoms with Gasteiger partial charge in [0.25, 0.3) is 0 Å². The lowest BCUT2D eigenvalue weighted by molar-refractivity contribution is 0.626. The summed E-state index contributed by atoms with van der Waals surface area (Å²) in [5, 5.41) is 10.0. The van der Waals surface area contributed by atoms with Gasteiger partial charge in [-0.15, -0.1) is 0 Å². The predicted molar refractivity (Wildman–Crippen MR) is 142 cm³/mol. The summed E-state index contributed by atoms with van der Waals surface area (Å²) < 4.78 is 26.4. The van der Waals surface area contributed by atoms with Crippen molar-refractivity contribution in [3.05, 3.63) is 101 Å². The minimum atomic E-state index is -0.314. The highest BCUT2D eigenvalue weighted by Crippen LogP contribution is 2.15. The topological polar surface area (TPSA) is 98.8 Å². The number of halogens is 3. The molecule has 36 heavy (non-hydrogen) atoms. The molecule has 0 atom stereocenters. The molecular formula is C24H21ClF2N8S. The first-order valence-electron chi connectivity index (χ1n) is 10.7. The maximum atomic E-state index is 13.2. The van der Waals surface area contributed by atoms with Gasteiger partial charge >= 0.3 is 0 Å². The molecule has 0 fully saturated rings. The van der Waals surface area contributed by atoms with Crippen LogP contribution in [-0.2, 0) is 13.1 Å². The molecule has 0 radical (unpaired) electrons. The molecule has 8 nitrogen and oxygen atoms in total. The second-order valence-electron chi connectivity index (χ2n) is 7.48. The zero-order valence-corrected chi connectivity index (χ0v) is 20.3. The number of nitrogens with one attached hydrogen (secondary N) is 5. The number of hydrogen-bond acceptors (Lipinski definition) is 7. The van der Waals surface area contributed by atoms with Crippen molar-refractivity contribution in [3.8, 4) is 0 Å². The Morgan fingerprint density at radius 2 is 1.28 bits per heavy atom. The molecule has 0 aliphatic rings.